The van der Waals surface area contributed by atoms with Crippen molar-refractivity contribution in [2.45, 2.75) is 25.0 Å². The van der Waals surface area contributed by atoms with Crippen LogP contribution in [0.1, 0.15) is 16.8 Å². The van der Waals surface area contributed by atoms with Crippen molar-refractivity contribution in [3.8, 4) is 5.75 Å². The predicted octanol–water partition coefficient (Wildman–Crippen LogP) is 4.67. The first-order valence-corrected chi connectivity index (χ1v) is 9.40. The van der Waals surface area contributed by atoms with Gasteiger partial charge in [0.1, 0.15) is 11.3 Å². The van der Waals surface area contributed by atoms with E-state index in [9.17, 15) is 31.1 Å². The molecule has 0 saturated carbocycles. The summed E-state index contributed by atoms with van der Waals surface area (Å²) in [6.45, 7) is 0.299. The normalized spacial score (nSPS) is 16.7. The van der Waals surface area contributed by atoms with Gasteiger partial charge in [-0.3, -0.25) is 4.79 Å². The minimum absolute atomic E-state index is 0.0795. The number of ether oxygens (including phenoxy) is 1. The molecule has 1 N–H and O–H groups in total. The predicted molar refractivity (Wildman–Crippen MR) is 99.9 cm³/mol. The lowest BCUT2D eigenvalue weighted by atomic mass is 10.1. The number of nitrogens with one attached hydrogen (secondary N) is 1. The van der Waals surface area contributed by atoms with Gasteiger partial charge in [-0.1, -0.05) is 12.1 Å². The van der Waals surface area contributed by atoms with Crippen LogP contribution in [0, 0.1) is 11.6 Å². The molecule has 1 aliphatic heterocycles. The number of rotatable bonds is 6. The molecule has 1 atom stereocenters. The number of carbonyl (C=O) groups is 1. The van der Waals surface area contributed by atoms with Gasteiger partial charge in [0.15, 0.2) is 11.4 Å². The van der Waals surface area contributed by atoms with E-state index in [1.165, 1.54) is 29.2 Å². The Bertz CT molecular complexity index is 1150. The second-order valence-electron chi connectivity index (χ2n) is 7.07. The summed E-state index contributed by atoms with van der Waals surface area (Å²) in [7, 11) is 0. The second-order valence-corrected chi connectivity index (χ2v) is 7.07. The van der Waals surface area contributed by atoms with Crippen LogP contribution in [0.4, 0.5) is 32.4 Å². The Labute approximate surface area is 176 Å². The van der Waals surface area contributed by atoms with Gasteiger partial charge in [-0.15, -0.1) is 0 Å². The van der Waals surface area contributed by atoms with E-state index in [1.54, 1.807) is 0 Å². The van der Waals surface area contributed by atoms with Crippen molar-refractivity contribution in [3.63, 3.8) is 0 Å². The Morgan fingerprint density at radius 2 is 1.97 bits per heavy atom. The number of para-hydroxylation sites is 1. The Hall–Kier alpha value is -3.44. The van der Waals surface area contributed by atoms with Crippen LogP contribution in [-0.4, -0.2) is 47.5 Å². The highest BCUT2D eigenvalue weighted by Gasteiger charge is 2.45. The summed E-state index contributed by atoms with van der Waals surface area (Å²) in [6, 6.07) is 6.55. The summed E-state index contributed by atoms with van der Waals surface area (Å²) < 4.78 is 88.0. The second kappa shape index (κ2) is 8.24. The lowest BCUT2D eigenvalue weighted by Gasteiger charge is -2.21. The first kappa shape index (κ1) is 21.8. The number of hydrogen-bond donors (Lipinski definition) is 1. The van der Waals surface area contributed by atoms with Gasteiger partial charge in [-0.25, -0.2) is 4.39 Å². The van der Waals surface area contributed by atoms with E-state index < -0.39 is 41.9 Å². The van der Waals surface area contributed by atoms with Gasteiger partial charge >= 0.3 is 12.5 Å². The molecule has 1 aromatic heterocycles. The van der Waals surface area contributed by atoms with Crippen LogP contribution in [0.25, 0.3) is 11.1 Å². The Morgan fingerprint density at radius 3 is 2.72 bits per heavy atom. The maximum atomic E-state index is 13.8. The lowest BCUT2D eigenvalue weighted by Crippen LogP contribution is -2.35. The molecule has 0 spiro atoms. The van der Waals surface area contributed by atoms with Crippen molar-refractivity contribution < 1.29 is 40.3 Å². The van der Waals surface area contributed by atoms with Crippen LogP contribution in [0.15, 0.2) is 40.8 Å². The maximum Gasteiger partial charge on any atom is 0.461 e. The SMILES string of the molecule is O=C(c1ccccc1OC(F)(F)C(F)F)N1CC[C@@H](Nc2nc3ccc(F)c(F)c3o2)C1. The Kier molecular flexibility index (Phi) is 5.61. The minimum atomic E-state index is -4.76. The van der Waals surface area contributed by atoms with Crippen LogP contribution < -0.4 is 10.1 Å². The topological polar surface area (TPSA) is 67.6 Å². The standard InChI is InChI=1S/C20H15F6N3O3/c21-12-5-6-13-16(15(12)22)31-19(28-13)27-10-7-8-29(9-10)17(30)11-3-1-2-4-14(11)32-20(25,26)18(23)24/h1-6,10,18H,7-9H2,(H,27,28)/t10-/m1/s1. The fourth-order valence-electron chi connectivity index (χ4n) is 3.33. The van der Waals surface area contributed by atoms with Crippen molar-refractivity contribution in [3.05, 3.63) is 53.6 Å². The molecule has 3 aromatic rings. The van der Waals surface area contributed by atoms with Crippen molar-refractivity contribution in [2.75, 3.05) is 18.4 Å². The molecule has 1 fully saturated rings. The van der Waals surface area contributed by atoms with Crippen molar-refractivity contribution in [2.24, 2.45) is 0 Å². The summed E-state index contributed by atoms with van der Waals surface area (Å²) in [5, 5.41) is 2.87. The number of benzene rings is 2. The number of carbonyl (C=O) groups excluding carboxylic acids is 1. The molecule has 0 radical (unpaired) electrons. The smallest absolute Gasteiger partial charge is 0.427 e. The maximum absolute atomic E-state index is 13.8. The molecule has 170 valence electrons. The summed E-state index contributed by atoms with van der Waals surface area (Å²) in [4.78, 5) is 18.1. The van der Waals surface area contributed by atoms with Crippen LogP contribution in [0.5, 0.6) is 5.75 Å². The molecule has 4 rings (SSSR count). The number of nitrogens with zero attached hydrogens (tertiary/aromatic N) is 2. The molecule has 6 nitrogen and oxygen atoms in total. The zero-order valence-electron chi connectivity index (χ0n) is 16.1. The molecule has 1 aliphatic rings. The molecular formula is C20H15F6N3O3. The molecular weight excluding hydrogens is 444 g/mol. The van der Waals surface area contributed by atoms with Gasteiger partial charge in [0.25, 0.3) is 11.9 Å². The number of fused-ring (bicyclic) bond motifs is 1. The first-order valence-electron chi connectivity index (χ1n) is 9.40. The number of amides is 1. The minimum Gasteiger partial charge on any atom is -0.427 e. The largest absolute Gasteiger partial charge is 0.461 e. The molecule has 32 heavy (non-hydrogen) atoms. The number of likely N-dealkylation sites (tertiary alicyclic amines) is 1. The Morgan fingerprint density at radius 1 is 1.22 bits per heavy atom. The zero-order chi connectivity index (χ0) is 23.0. The third-order valence-corrected chi connectivity index (χ3v) is 4.87. The van der Waals surface area contributed by atoms with Gasteiger partial charge in [0, 0.05) is 19.1 Å². The van der Waals surface area contributed by atoms with Crippen molar-refractivity contribution in [1.82, 2.24) is 9.88 Å². The van der Waals surface area contributed by atoms with Gasteiger partial charge in [0.2, 0.25) is 5.82 Å². The summed E-state index contributed by atoms with van der Waals surface area (Å²) in [5.41, 5.74) is -0.555. The van der Waals surface area contributed by atoms with E-state index in [0.717, 1.165) is 12.1 Å². The van der Waals surface area contributed by atoms with Crippen LogP contribution >= 0.6 is 0 Å². The summed E-state index contributed by atoms with van der Waals surface area (Å²) >= 11 is 0. The van der Waals surface area contributed by atoms with Gasteiger partial charge in [-0.2, -0.15) is 26.9 Å². The van der Waals surface area contributed by atoms with Crippen LogP contribution in [-0.2, 0) is 0 Å². The molecule has 0 unspecified atom stereocenters. The molecule has 1 amide bonds. The van der Waals surface area contributed by atoms with E-state index in [2.05, 4.69) is 15.0 Å². The third-order valence-electron chi connectivity index (χ3n) is 4.87. The monoisotopic (exact) mass is 459 g/mol. The highest BCUT2D eigenvalue weighted by Crippen LogP contribution is 2.31. The van der Waals surface area contributed by atoms with Crippen molar-refractivity contribution in [1.29, 1.82) is 0 Å². The number of oxazole rings is 1. The van der Waals surface area contributed by atoms with Crippen LogP contribution in [0.2, 0.25) is 0 Å². The van der Waals surface area contributed by atoms with E-state index >= 15 is 0 Å². The molecule has 12 heteroatoms. The van der Waals surface area contributed by atoms with Gasteiger partial charge < -0.3 is 19.4 Å². The number of alkyl halides is 4. The third kappa shape index (κ3) is 4.16. The molecule has 2 aromatic carbocycles. The molecule has 0 aliphatic carbocycles. The first-order chi connectivity index (χ1) is 15.2. The fourth-order valence-corrected chi connectivity index (χ4v) is 3.33. The van der Waals surface area contributed by atoms with E-state index in [0.29, 0.717) is 6.42 Å². The summed E-state index contributed by atoms with van der Waals surface area (Å²) in [5.74, 6) is -3.63. The quantitative estimate of drug-likeness (QED) is 0.543. The average molecular weight is 459 g/mol. The average Bonchev–Trinajstić information content (AvgIpc) is 3.38. The number of halogens is 6. The molecule has 2 heterocycles. The summed E-state index contributed by atoms with van der Waals surface area (Å²) in [6.07, 6.45) is -8.43. The van der Waals surface area contributed by atoms with Gasteiger partial charge in [0.05, 0.1) is 5.56 Å². The van der Waals surface area contributed by atoms with E-state index in [4.69, 9.17) is 4.42 Å². The highest BCUT2D eigenvalue weighted by molar-refractivity contribution is 5.97. The number of aromatic nitrogens is 1. The van der Waals surface area contributed by atoms with E-state index in [1.807, 2.05) is 0 Å². The van der Waals surface area contributed by atoms with E-state index in [-0.39, 0.29) is 35.8 Å². The Balaban J connectivity index is 1.46. The van der Waals surface area contributed by atoms with Crippen molar-refractivity contribution >= 4 is 23.0 Å². The number of hydrogen-bond acceptors (Lipinski definition) is 5. The van der Waals surface area contributed by atoms with Gasteiger partial charge in [-0.05, 0) is 30.7 Å². The molecule has 0 bridgehead atoms. The number of anilines is 1. The fraction of sp³-hybridized carbons (Fsp3) is 0.300. The van der Waals surface area contributed by atoms with Crippen LogP contribution in [0.3, 0.4) is 0 Å². The molecule has 1 saturated heterocycles. The zero-order valence-corrected chi connectivity index (χ0v) is 16.1. The highest BCUT2D eigenvalue weighted by atomic mass is 19.3. The lowest BCUT2D eigenvalue weighted by molar-refractivity contribution is -0.253.